The van der Waals surface area contributed by atoms with Crippen LogP contribution in [0.4, 0.5) is 0 Å². The van der Waals surface area contributed by atoms with E-state index in [9.17, 15) is 9.59 Å². The maximum atomic E-state index is 13.4. The number of hydrogen-bond donors (Lipinski definition) is 2. The van der Waals surface area contributed by atoms with Gasteiger partial charge in [0.15, 0.2) is 0 Å². The first-order valence-electron chi connectivity index (χ1n) is 11.9. The number of fused-ring (bicyclic) bond motifs is 2. The number of benzene rings is 1. The first kappa shape index (κ1) is 23.4. The summed E-state index contributed by atoms with van der Waals surface area (Å²) in [6, 6.07) is 15.2. The number of rotatable bonds is 9. The van der Waals surface area contributed by atoms with Crippen molar-refractivity contribution < 1.29 is 4.79 Å². The molecule has 34 heavy (non-hydrogen) atoms. The van der Waals surface area contributed by atoms with Crippen LogP contribution in [0, 0.1) is 12.3 Å². The quantitative estimate of drug-likeness (QED) is 0.294. The van der Waals surface area contributed by atoms with Gasteiger partial charge in [0, 0.05) is 19.3 Å². The molecule has 0 aliphatic carbocycles. The van der Waals surface area contributed by atoms with Crippen molar-refractivity contribution in [2.75, 3.05) is 6.54 Å². The molecule has 0 fully saturated rings. The van der Waals surface area contributed by atoms with Crippen molar-refractivity contribution >= 4 is 22.6 Å². The molecule has 7 heteroatoms. The Labute approximate surface area is 198 Å². The maximum absolute atomic E-state index is 13.4. The fourth-order valence-electron chi connectivity index (χ4n) is 4.19. The van der Waals surface area contributed by atoms with Crippen LogP contribution in [0.5, 0.6) is 0 Å². The molecule has 4 rings (SSSR count). The number of carbonyl (C=O) groups is 1. The average Bonchev–Trinajstić information content (AvgIpc) is 2.84. The molecule has 0 unspecified atom stereocenters. The van der Waals surface area contributed by atoms with E-state index in [0.29, 0.717) is 36.2 Å². The normalized spacial score (nSPS) is 11.2. The molecule has 3 aromatic heterocycles. The smallest absolute Gasteiger partial charge is 0.267 e. The zero-order valence-electron chi connectivity index (χ0n) is 19.8. The predicted octanol–water partition coefficient (Wildman–Crippen LogP) is 3.99. The van der Waals surface area contributed by atoms with E-state index in [0.717, 1.165) is 36.8 Å². The second-order valence-corrected chi connectivity index (χ2v) is 8.70. The third-order valence-electron chi connectivity index (χ3n) is 6.08. The van der Waals surface area contributed by atoms with E-state index in [1.807, 2.05) is 49.4 Å². The molecule has 4 aromatic rings. The van der Waals surface area contributed by atoms with Crippen molar-refractivity contribution in [1.82, 2.24) is 19.3 Å². The lowest BCUT2D eigenvalue weighted by Crippen LogP contribution is -2.35. The number of pyridine rings is 2. The molecule has 1 amide bonds. The summed E-state index contributed by atoms with van der Waals surface area (Å²) >= 11 is 0. The number of aryl methyl sites for hydroxylation is 2. The van der Waals surface area contributed by atoms with Crippen LogP contribution in [0.15, 0.2) is 59.5 Å². The van der Waals surface area contributed by atoms with Gasteiger partial charge in [0.2, 0.25) is 0 Å². The molecule has 0 aliphatic heterocycles. The number of unbranched alkanes of at least 4 members (excludes halogenated alkanes) is 3. The first-order valence-corrected chi connectivity index (χ1v) is 11.9. The van der Waals surface area contributed by atoms with Crippen LogP contribution < -0.4 is 16.4 Å². The van der Waals surface area contributed by atoms with Gasteiger partial charge in [0.05, 0.1) is 10.9 Å². The fourth-order valence-corrected chi connectivity index (χ4v) is 4.19. The second kappa shape index (κ2) is 10.5. The Morgan fingerprint density at radius 1 is 1.09 bits per heavy atom. The highest BCUT2D eigenvalue weighted by Gasteiger charge is 2.17. The first-order chi connectivity index (χ1) is 16.5. The van der Waals surface area contributed by atoms with E-state index in [1.54, 1.807) is 10.8 Å². The molecule has 0 aliphatic rings. The Hall–Kier alpha value is -3.74. The van der Waals surface area contributed by atoms with Gasteiger partial charge in [-0.1, -0.05) is 62.6 Å². The summed E-state index contributed by atoms with van der Waals surface area (Å²) in [5, 5.41) is 12.1. The predicted molar refractivity (Wildman–Crippen MR) is 134 cm³/mol. The van der Waals surface area contributed by atoms with E-state index in [4.69, 9.17) is 10.4 Å². The Morgan fingerprint density at radius 2 is 1.88 bits per heavy atom. The minimum Gasteiger partial charge on any atom is -0.352 e. The van der Waals surface area contributed by atoms with Crippen molar-refractivity contribution in [3.05, 3.63) is 87.3 Å². The molecule has 0 atom stereocenters. The standard InChI is InChI=1S/C27H31N5O2/c1-3-4-5-9-16-31-24(28)21(26(33)29-15-14-20-10-7-6-8-11-20)17-22-25(31)30-23-13-12-19(2)18-32(23)27(22)34/h6-8,10-13,17-18,28H,3-5,9,14-16H2,1-2H3,(H,29,33). The van der Waals surface area contributed by atoms with Gasteiger partial charge in [-0.05, 0) is 43.0 Å². The molecule has 1 aromatic carbocycles. The fraction of sp³-hybridized carbons (Fsp3) is 0.333. The third kappa shape index (κ3) is 4.93. The monoisotopic (exact) mass is 457 g/mol. The van der Waals surface area contributed by atoms with E-state index >= 15 is 0 Å². The molecular weight excluding hydrogens is 426 g/mol. The molecule has 0 saturated carbocycles. The number of nitrogens with zero attached hydrogens (tertiary/aromatic N) is 3. The van der Waals surface area contributed by atoms with Gasteiger partial charge in [-0.25, -0.2) is 4.98 Å². The van der Waals surface area contributed by atoms with E-state index in [2.05, 4.69) is 12.2 Å². The lowest BCUT2D eigenvalue weighted by atomic mass is 10.1. The van der Waals surface area contributed by atoms with Gasteiger partial charge in [0.25, 0.3) is 11.5 Å². The molecule has 7 nitrogen and oxygen atoms in total. The van der Waals surface area contributed by atoms with Gasteiger partial charge >= 0.3 is 0 Å². The zero-order chi connectivity index (χ0) is 24.1. The number of hydrogen-bond acceptors (Lipinski definition) is 4. The van der Waals surface area contributed by atoms with Gasteiger partial charge in [-0.2, -0.15) is 0 Å². The van der Waals surface area contributed by atoms with Crippen molar-refractivity contribution in [2.24, 2.45) is 0 Å². The average molecular weight is 458 g/mol. The van der Waals surface area contributed by atoms with E-state index in [1.165, 1.54) is 10.5 Å². The van der Waals surface area contributed by atoms with Crippen LogP contribution in [0.25, 0.3) is 16.7 Å². The number of amides is 1. The largest absolute Gasteiger partial charge is 0.352 e. The van der Waals surface area contributed by atoms with Gasteiger partial charge in [0.1, 0.15) is 16.8 Å². The maximum Gasteiger partial charge on any atom is 0.267 e. The Morgan fingerprint density at radius 3 is 2.65 bits per heavy atom. The van der Waals surface area contributed by atoms with Gasteiger partial charge in [-0.3, -0.25) is 19.4 Å². The molecular formula is C27H31N5O2. The summed E-state index contributed by atoms with van der Waals surface area (Å²) in [6.07, 6.45) is 6.52. The highest BCUT2D eigenvalue weighted by molar-refractivity contribution is 5.96. The van der Waals surface area contributed by atoms with Crippen molar-refractivity contribution in [3.8, 4) is 0 Å². The summed E-state index contributed by atoms with van der Waals surface area (Å²) in [7, 11) is 0. The highest BCUT2D eigenvalue weighted by atomic mass is 16.1. The Bertz CT molecular complexity index is 1440. The van der Waals surface area contributed by atoms with Crippen molar-refractivity contribution in [1.29, 1.82) is 5.41 Å². The summed E-state index contributed by atoms with van der Waals surface area (Å²) in [5.74, 6) is -0.348. The molecule has 0 spiro atoms. The number of nitrogens with one attached hydrogen (secondary N) is 2. The van der Waals surface area contributed by atoms with Crippen molar-refractivity contribution in [3.63, 3.8) is 0 Å². The molecule has 3 heterocycles. The molecule has 0 bridgehead atoms. The second-order valence-electron chi connectivity index (χ2n) is 8.70. The lowest BCUT2D eigenvalue weighted by molar-refractivity contribution is 0.0951. The summed E-state index contributed by atoms with van der Waals surface area (Å²) in [5.41, 5.74) is 3.11. The van der Waals surface area contributed by atoms with E-state index in [-0.39, 0.29) is 22.5 Å². The Balaban J connectivity index is 1.74. The van der Waals surface area contributed by atoms with Crippen LogP contribution in [-0.4, -0.2) is 26.4 Å². The lowest BCUT2D eigenvalue weighted by Gasteiger charge is -2.15. The van der Waals surface area contributed by atoms with Crippen LogP contribution in [0.1, 0.15) is 54.1 Å². The van der Waals surface area contributed by atoms with Crippen molar-refractivity contribution in [2.45, 2.75) is 52.5 Å². The minimum absolute atomic E-state index is 0.0876. The topological polar surface area (TPSA) is 92.2 Å². The zero-order valence-corrected chi connectivity index (χ0v) is 19.8. The molecule has 2 N–H and O–H groups in total. The molecule has 0 radical (unpaired) electrons. The minimum atomic E-state index is -0.348. The highest BCUT2D eigenvalue weighted by Crippen LogP contribution is 2.13. The van der Waals surface area contributed by atoms with Crippen LogP contribution in [0.3, 0.4) is 0 Å². The van der Waals surface area contributed by atoms with Crippen LogP contribution in [-0.2, 0) is 13.0 Å². The van der Waals surface area contributed by atoms with Gasteiger partial charge < -0.3 is 9.88 Å². The van der Waals surface area contributed by atoms with E-state index < -0.39 is 0 Å². The number of aromatic nitrogens is 3. The summed E-state index contributed by atoms with van der Waals surface area (Å²) in [4.78, 5) is 31.2. The third-order valence-corrected chi connectivity index (χ3v) is 6.08. The molecule has 176 valence electrons. The SMILES string of the molecule is CCCCCCn1c(=N)c(C(=O)NCCc2ccccc2)cc2c(=O)n3cc(C)ccc3nc21. The van der Waals surface area contributed by atoms with Gasteiger partial charge in [-0.15, -0.1) is 0 Å². The van der Waals surface area contributed by atoms with Crippen LogP contribution in [0.2, 0.25) is 0 Å². The summed E-state index contributed by atoms with van der Waals surface area (Å²) in [6.45, 7) is 5.05. The number of carbonyl (C=O) groups excluding carboxylic acids is 1. The Kier molecular flexibility index (Phi) is 7.21. The summed E-state index contributed by atoms with van der Waals surface area (Å²) < 4.78 is 3.23. The molecule has 0 saturated heterocycles. The van der Waals surface area contributed by atoms with Crippen LogP contribution >= 0.6 is 0 Å².